The maximum Gasteiger partial charge on any atom is 0.306 e. The number of allylic oxidation sites excluding steroid dienone is 6. The average Bonchev–Trinajstić information content (AvgIpc) is 3.29. The molecule has 11 atom stereocenters. The molecule has 11 unspecified atom stereocenters. The van der Waals surface area contributed by atoms with Gasteiger partial charge in [0.2, 0.25) is 0 Å². The molecule has 14 heteroatoms. The highest BCUT2D eigenvalue weighted by Crippen LogP contribution is 2.26. The molecule has 14 nitrogen and oxygen atoms in total. The van der Waals surface area contributed by atoms with Crippen molar-refractivity contribution in [3.8, 4) is 0 Å². The van der Waals surface area contributed by atoms with E-state index in [4.69, 9.17) is 28.4 Å². The van der Waals surface area contributed by atoms with Crippen molar-refractivity contribution in [2.45, 2.75) is 242 Å². The number of rotatable bonds is 39. The first-order valence-corrected chi connectivity index (χ1v) is 25.1. The molecule has 2 saturated heterocycles. The van der Waals surface area contributed by atoms with Crippen molar-refractivity contribution in [2.24, 2.45) is 0 Å². The molecule has 2 fully saturated rings. The first-order chi connectivity index (χ1) is 31.1. The fourth-order valence-corrected chi connectivity index (χ4v) is 7.76. The molecule has 64 heavy (non-hydrogen) atoms. The van der Waals surface area contributed by atoms with Gasteiger partial charge in [0.25, 0.3) is 0 Å². The highest BCUT2D eigenvalue weighted by atomic mass is 16.7. The molecule has 0 aliphatic carbocycles. The predicted octanol–water partition coefficient (Wildman–Crippen LogP) is 7.02. The normalized spacial score (nSPS) is 27.0. The minimum Gasteiger partial charge on any atom is -0.457 e. The van der Waals surface area contributed by atoms with E-state index in [0.717, 1.165) is 57.8 Å². The van der Waals surface area contributed by atoms with Crippen LogP contribution in [0.2, 0.25) is 0 Å². The molecule has 2 aliphatic rings. The lowest BCUT2D eigenvalue weighted by atomic mass is 9.98. The number of ether oxygens (including phenoxy) is 6. The lowest BCUT2D eigenvalue weighted by Crippen LogP contribution is -2.61. The van der Waals surface area contributed by atoms with Gasteiger partial charge in [-0.15, -0.1) is 0 Å². The van der Waals surface area contributed by atoms with Crippen LogP contribution in [-0.4, -0.2) is 142 Å². The Balaban J connectivity index is 1.70. The minimum atomic E-state index is -1.70. The van der Waals surface area contributed by atoms with Crippen LogP contribution in [0.4, 0.5) is 0 Å². The lowest BCUT2D eigenvalue weighted by Gasteiger charge is -2.42. The molecule has 0 amide bonds. The van der Waals surface area contributed by atoms with Crippen molar-refractivity contribution in [1.82, 2.24) is 0 Å². The highest BCUT2D eigenvalue weighted by molar-refractivity contribution is 5.69. The quantitative estimate of drug-likeness (QED) is 0.0188. The summed E-state index contributed by atoms with van der Waals surface area (Å²) < 4.78 is 34.1. The summed E-state index contributed by atoms with van der Waals surface area (Å²) in [6, 6.07) is 0. The maximum absolute atomic E-state index is 12.9. The molecular formula is C50H90O14. The largest absolute Gasteiger partial charge is 0.457 e. The standard InChI is InChI=1S/C50H90O14/c1-3-5-7-9-11-12-13-14-15-16-17-18-19-20-21-22-23-24-25-26-27-29-31-33-42(52)62-39(36-59-34-32-30-28-10-8-6-4-2)37-60-49-48(58)46(56)44(54)41(64-49)38-61-50-47(57)45(55)43(53)40(35-51)63-50/h13-14,16-17,19-20,39-41,43-51,53-58H,3-12,15,18,21-38H2,1-2H3/b14-13-,17-16-,20-19-. The van der Waals surface area contributed by atoms with Crippen molar-refractivity contribution in [3.05, 3.63) is 36.5 Å². The first kappa shape index (κ1) is 58.3. The van der Waals surface area contributed by atoms with Crippen molar-refractivity contribution < 1.29 is 69.0 Å². The van der Waals surface area contributed by atoms with Gasteiger partial charge in [-0.05, 0) is 51.4 Å². The second-order valence-electron chi connectivity index (χ2n) is 17.6. The van der Waals surface area contributed by atoms with Crippen molar-refractivity contribution in [3.63, 3.8) is 0 Å². The number of hydrogen-bond donors (Lipinski definition) is 7. The number of unbranched alkanes of at least 4 members (excludes halogenated alkanes) is 19. The second-order valence-corrected chi connectivity index (χ2v) is 17.6. The summed E-state index contributed by atoms with van der Waals surface area (Å²) >= 11 is 0. The van der Waals surface area contributed by atoms with E-state index < -0.39 is 80.7 Å². The average molecular weight is 915 g/mol. The Hall–Kier alpha value is -1.79. The van der Waals surface area contributed by atoms with Crippen LogP contribution in [0.5, 0.6) is 0 Å². The van der Waals surface area contributed by atoms with Crippen LogP contribution >= 0.6 is 0 Å². The van der Waals surface area contributed by atoms with Gasteiger partial charge in [0, 0.05) is 13.0 Å². The summed E-state index contributed by atoms with van der Waals surface area (Å²) in [7, 11) is 0. The van der Waals surface area contributed by atoms with Gasteiger partial charge in [0.05, 0.1) is 26.4 Å². The highest BCUT2D eigenvalue weighted by Gasteiger charge is 2.47. The summed E-state index contributed by atoms with van der Waals surface area (Å²) in [5.74, 6) is -0.386. The van der Waals surface area contributed by atoms with E-state index in [1.165, 1.54) is 89.9 Å². The van der Waals surface area contributed by atoms with Crippen molar-refractivity contribution in [2.75, 3.05) is 33.0 Å². The smallest absolute Gasteiger partial charge is 0.306 e. The van der Waals surface area contributed by atoms with E-state index in [9.17, 15) is 40.5 Å². The van der Waals surface area contributed by atoms with Gasteiger partial charge < -0.3 is 64.2 Å². The van der Waals surface area contributed by atoms with Crippen LogP contribution in [0.1, 0.15) is 174 Å². The maximum atomic E-state index is 12.9. The van der Waals surface area contributed by atoms with Gasteiger partial charge in [0.15, 0.2) is 12.6 Å². The van der Waals surface area contributed by atoms with Gasteiger partial charge in [-0.3, -0.25) is 4.79 Å². The summed E-state index contributed by atoms with van der Waals surface area (Å²) in [5, 5.41) is 71.9. The Morgan fingerprint density at radius 3 is 1.52 bits per heavy atom. The topological polar surface area (TPSA) is 214 Å². The summed E-state index contributed by atoms with van der Waals surface area (Å²) in [6.07, 6.45) is 25.2. The molecule has 0 aromatic rings. The van der Waals surface area contributed by atoms with E-state index >= 15 is 0 Å². The van der Waals surface area contributed by atoms with Gasteiger partial charge >= 0.3 is 5.97 Å². The lowest BCUT2D eigenvalue weighted by molar-refractivity contribution is -0.332. The van der Waals surface area contributed by atoms with Crippen LogP contribution in [0.15, 0.2) is 36.5 Å². The van der Waals surface area contributed by atoms with Crippen LogP contribution in [0, 0.1) is 0 Å². The number of esters is 1. The zero-order valence-corrected chi connectivity index (χ0v) is 39.5. The minimum absolute atomic E-state index is 0.0588. The number of aliphatic hydroxyl groups is 7. The third-order valence-corrected chi connectivity index (χ3v) is 11.9. The molecule has 2 aliphatic heterocycles. The van der Waals surface area contributed by atoms with E-state index in [2.05, 4.69) is 50.3 Å². The van der Waals surface area contributed by atoms with Crippen LogP contribution in [0.25, 0.3) is 0 Å². The molecule has 0 aromatic carbocycles. The van der Waals surface area contributed by atoms with Gasteiger partial charge in [0.1, 0.15) is 54.9 Å². The van der Waals surface area contributed by atoms with Crippen molar-refractivity contribution >= 4 is 5.97 Å². The zero-order valence-electron chi connectivity index (χ0n) is 39.5. The summed E-state index contributed by atoms with van der Waals surface area (Å²) in [4.78, 5) is 12.9. The van der Waals surface area contributed by atoms with E-state index in [0.29, 0.717) is 13.0 Å². The molecule has 0 saturated carbocycles. The number of aliphatic hydroxyl groups excluding tert-OH is 7. The third-order valence-electron chi connectivity index (χ3n) is 11.9. The Morgan fingerprint density at radius 2 is 0.969 bits per heavy atom. The Morgan fingerprint density at radius 1 is 0.516 bits per heavy atom. The first-order valence-electron chi connectivity index (χ1n) is 25.1. The number of carbonyl (C=O) groups is 1. The molecule has 0 radical (unpaired) electrons. The fourth-order valence-electron chi connectivity index (χ4n) is 7.76. The van der Waals surface area contributed by atoms with E-state index in [-0.39, 0.29) is 25.6 Å². The Bertz CT molecular complexity index is 1200. The molecule has 2 heterocycles. The SMILES string of the molecule is CCCCCCC/C=C\C/C=C\C/C=C\CCCCCCCCCCC(=O)OC(COCCCCCCCCC)COC1OC(COC2OC(CO)C(O)C(O)C2O)C(O)C(O)C1O. The van der Waals surface area contributed by atoms with Gasteiger partial charge in [-0.2, -0.15) is 0 Å². The molecule has 0 bridgehead atoms. The summed E-state index contributed by atoms with van der Waals surface area (Å²) in [5.41, 5.74) is 0. The van der Waals surface area contributed by atoms with E-state index in [1.54, 1.807) is 0 Å². The zero-order chi connectivity index (χ0) is 46.6. The monoisotopic (exact) mass is 915 g/mol. The number of hydrogen-bond acceptors (Lipinski definition) is 14. The molecule has 0 aromatic heterocycles. The predicted molar refractivity (Wildman–Crippen MR) is 247 cm³/mol. The van der Waals surface area contributed by atoms with Gasteiger partial charge in [-0.1, -0.05) is 153 Å². The third kappa shape index (κ3) is 25.9. The Labute approximate surface area is 385 Å². The van der Waals surface area contributed by atoms with Gasteiger partial charge in [-0.25, -0.2) is 0 Å². The second kappa shape index (κ2) is 38.2. The number of carbonyl (C=O) groups excluding carboxylic acids is 1. The molecule has 374 valence electrons. The summed E-state index contributed by atoms with van der Waals surface area (Å²) in [6.45, 7) is 3.62. The van der Waals surface area contributed by atoms with Crippen LogP contribution < -0.4 is 0 Å². The molecular weight excluding hydrogens is 825 g/mol. The molecule has 2 rings (SSSR count). The Kier molecular flexibility index (Phi) is 34.8. The van der Waals surface area contributed by atoms with Crippen LogP contribution in [0.3, 0.4) is 0 Å². The van der Waals surface area contributed by atoms with E-state index in [1.807, 2.05) is 0 Å². The van der Waals surface area contributed by atoms with Crippen molar-refractivity contribution in [1.29, 1.82) is 0 Å². The molecule has 0 spiro atoms. The molecule has 7 N–H and O–H groups in total. The van der Waals surface area contributed by atoms with Crippen LogP contribution in [-0.2, 0) is 33.2 Å². The fraction of sp³-hybridized carbons (Fsp3) is 0.860.